The van der Waals surface area contributed by atoms with Gasteiger partial charge in [0.25, 0.3) is 0 Å². The Labute approximate surface area is 126 Å². The van der Waals surface area contributed by atoms with Gasteiger partial charge in [-0.15, -0.1) is 0 Å². The van der Waals surface area contributed by atoms with Gasteiger partial charge in [0.1, 0.15) is 5.54 Å². The zero-order chi connectivity index (χ0) is 15.0. The summed E-state index contributed by atoms with van der Waals surface area (Å²) in [5.74, 6) is 0. The highest BCUT2D eigenvalue weighted by Crippen LogP contribution is 2.33. The second-order valence-corrected chi connectivity index (χ2v) is 5.26. The van der Waals surface area contributed by atoms with E-state index in [1.807, 2.05) is 54.6 Å². The van der Waals surface area contributed by atoms with Crippen molar-refractivity contribution < 1.29 is 4.79 Å². The summed E-state index contributed by atoms with van der Waals surface area (Å²) in [6.45, 7) is 2.21. The molecule has 2 rings (SSSR count). The molecule has 1 aromatic rings. The van der Waals surface area contributed by atoms with Gasteiger partial charge in [0.15, 0.2) is 0 Å². The maximum absolute atomic E-state index is 10.8. The van der Waals surface area contributed by atoms with Crippen LogP contribution in [0.15, 0.2) is 71.3 Å². The van der Waals surface area contributed by atoms with E-state index in [0.29, 0.717) is 0 Å². The molecule has 0 aromatic heterocycles. The van der Waals surface area contributed by atoms with Gasteiger partial charge in [-0.25, -0.2) is 4.79 Å². The highest BCUT2D eigenvalue weighted by molar-refractivity contribution is 5.50. The number of hydrogen-bond donors (Lipinski definition) is 0. The van der Waals surface area contributed by atoms with Gasteiger partial charge in [-0.05, 0) is 36.1 Å². The van der Waals surface area contributed by atoms with Gasteiger partial charge in [-0.3, -0.25) is 0 Å². The van der Waals surface area contributed by atoms with Crippen LogP contribution in [0.2, 0.25) is 0 Å². The van der Waals surface area contributed by atoms with E-state index in [0.717, 1.165) is 12.0 Å². The summed E-state index contributed by atoms with van der Waals surface area (Å²) in [4.78, 5) is 14.8. The second kappa shape index (κ2) is 7.56. The van der Waals surface area contributed by atoms with Gasteiger partial charge in [0.2, 0.25) is 6.08 Å². The van der Waals surface area contributed by atoms with Crippen molar-refractivity contribution in [2.24, 2.45) is 4.99 Å². The first kappa shape index (κ1) is 15.2. The van der Waals surface area contributed by atoms with Crippen molar-refractivity contribution in [2.45, 2.75) is 38.1 Å². The molecular weight excluding hydrogens is 258 g/mol. The van der Waals surface area contributed by atoms with Crippen molar-refractivity contribution in [3.8, 4) is 0 Å². The second-order valence-electron chi connectivity index (χ2n) is 5.26. The Morgan fingerprint density at radius 1 is 1.14 bits per heavy atom. The molecule has 2 heteroatoms. The Morgan fingerprint density at radius 2 is 1.86 bits per heavy atom. The molecule has 0 saturated carbocycles. The highest BCUT2D eigenvalue weighted by Gasteiger charge is 2.27. The van der Waals surface area contributed by atoms with Crippen molar-refractivity contribution >= 4 is 6.08 Å². The lowest BCUT2D eigenvalue weighted by atomic mass is 9.85. The average Bonchev–Trinajstić information content (AvgIpc) is 2.54. The van der Waals surface area contributed by atoms with Crippen molar-refractivity contribution in [1.82, 2.24) is 0 Å². The van der Waals surface area contributed by atoms with Gasteiger partial charge in [-0.1, -0.05) is 68.3 Å². The van der Waals surface area contributed by atoms with Gasteiger partial charge in [-0.2, -0.15) is 4.99 Å². The number of nitrogens with zero attached hydrogens (tertiary/aromatic N) is 1. The number of aliphatic imine (C=N–C) groups is 1. The molecule has 1 aliphatic rings. The zero-order valence-electron chi connectivity index (χ0n) is 12.5. The van der Waals surface area contributed by atoms with Crippen LogP contribution in [0.25, 0.3) is 0 Å². The van der Waals surface area contributed by atoms with Crippen molar-refractivity contribution in [1.29, 1.82) is 0 Å². The van der Waals surface area contributed by atoms with E-state index < -0.39 is 5.54 Å². The van der Waals surface area contributed by atoms with Crippen LogP contribution >= 0.6 is 0 Å². The summed E-state index contributed by atoms with van der Waals surface area (Å²) < 4.78 is 0. The number of hydrogen-bond acceptors (Lipinski definition) is 2. The molecule has 1 aliphatic carbocycles. The molecular formula is C19H21NO. The zero-order valence-corrected chi connectivity index (χ0v) is 12.5. The van der Waals surface area contributed by atoms with Crippen LogP contribution in [0.5, 0.6) is 0 Å². The largest absolute Gasteiger partial charge is 0.236 e. The minimum absolute atomic E-state index is 0.705. The number of rotatable bonds is 6. The third-order valence-electron chi connectivity index (χ3n) is 3.71. The van der Waals surface area contributed by atoms with Gasteiger partial charge in [0.05, 0.1) is 0 Å². The van der Waals surface area contributed by atoms with Crippen LogP contribution in [0.1, 0.15) is 38.2 Å². The predicted octanol–water partition coefficient (Wildman–Crippen LogP) is 4.85. The molecule has 21 heavy (non-hydrogen) atoms. The molecule has 2 nitrogen and oxygen atoms in total. The lowest BCUT2D eigenvalue weighted by molar-refractivity contribution is 0.554. The van der Waals surface area contributed by atoms with Crippen LogP contribution in [0.3, 0.4) is 0 Å². The first-order valence-electron chi connectivity index (χ1n) is 7.54. The fourth-order valence-electron chi connectivity index (χ4n) is 2.47. The maximum atomic E-state index is 10.8. The highest BCUT2D eigenvalue weighted by atomic mass is 16.1. The average molecular weight is 279 g/mol. The van der Waals surface area contributed by atoms with Crippen LogP contribution in [0, 0.1) is 0 Å². The van der Waals surface area contributed by atoms with E-state index in [1.165, 1.54) is 24.8 Å². The first-order chi connectivity index (χ1) is 10.3. The Hall–Kier alpha value is -2.18. The van der Waals surface area contributed by atoms with E-state index in [9.17, 15) is 4.79 Å². The van der Waals surface area contributed by atoms with E-state index >= 15 is 0 Å². The monoisotopic (exact) mass is 279 g/mol. The molecule has 0 unspecified atom stereocenters. The van der Waals surface area contributed by atoms with E-state index in [-0.39, 0.29) is 0 Å². The topological polar surface area (TPSA) is 29.4 Å². The summed E-state index contributed by atoms with van der Waals surface area (Å²) in [7, 11) is 0. The summed E-state index contributed by atoms with van der Waals surface area (Å²) >= 11 is 0. The summed E-state index contributed by atoms with van der Waals surface area (Å²) in [6, 6.07) is 9.82. The molecule has 0 spiro atoms. The molecule has 0 radical (unpaired) electrons. The standard InChI is InChI=1S/C19H21NO/c1-2-3-4-6-9-17-12-14-19(15-13-17,20-16-21)18-10-7-5-8-11-18/h5,7-15H,2-4,6H2,1H3. The summed E-state index contributed by atoms with van der Waals surface area (Å²) in [5.41, 5.74) is 1.45. The van der Waals surface area contributed by atoms with Gasteiger partial charge < -0.3 is 0 Å². The lowest BCUT2D eigenvalue weighted by Crippen LogP contribution is -2.19. The number of allylic oxidation sites excluding steroid dienone is 4. The SMILES string of the molecule is CCCCCC=C1C=CC(N=C=O)(c2ccccc2)C=C1. The smallest absolute Gasteiger partial charge is 0.211 e. The fraction of sp³-hybridized carbons (Fsp3) is 0.316. The molecule has 0 amide bonds. The Kier molecular flexibility index (Phi) is 5.48. The minimum atomic E-state index is -0.705. The predicted molar refractivity (Wildman–Crippen MR) is 86.7 cm³/mol. The van der Waals surface area contributed by atoms with Crippen LogP contribution in [0.4, 0.5) is 0 Å². The number of carbonyl (C=O) groups excluding carboxylic acids is 1. The molecule has 0 aliphatic heterocycles. The Morgan fingerprint density at radius 3 is 2.48 bits per heavy atom. The minimum Gasteiger partial charge on any atom is -0.211 e. The molecule has 0 N–H and O–H groups in total. The third-order valence-corrected chi connectivity index (χ3v) is 3.71. The molecule has 0 bridgehead atoms. The number of isocyanates is 1. The number of benzene rings is 1. The Balaban J connectivity index is 2.18. The summed E-state index contributed by atoms with van der Waals surface area (Å²) in [6.07, 6.45) is 16.8. The molecule has 0 fully saturated rings. The molecule has 0 heterocycles. The van der Waals surface area contributed by atoms with Crippen LogP contribution in [-0.2, 0) is 10.3 Å². The van der Waals surface area contributed by atoms with Crippen molar-refractivity contribution in [3.05, 3.63) is 71.8 Å². The van der Waals surface area contributed by atoms with Crippen LogP contribution in [-0.4, -0.2) is 6.08 Å². The van der Waals surface area contributed by atoms with Gasteiger partial charge >= 0.3 is 0 Å². The third kappa shape index (κ3) is 3.90. The van der Waals surface area contributed by atoms with Crippen molar-refractivity contribution in [2.75, 3.05) is 0 Å². The maximum Gasteiger partial charge on any atom is 0.236 e. The Bertz CT molecular complexity index is 573. The lowest BCUT2D eigenvalue weighted by Gasteiger charge is -2.24. The molecule has 1 aromatic carbocycles. The quantitative estimate of drug-likeness (QED) is 0.416. The fourth-order valence-corrected chi connectivity index (χ4v) is 2.47. The van der Waals surface area contributed by atoms with Crippen molar-refractivity contribution in [3.63, 3.8) is 0 Å². The molecule has 0 atom stereocenters. The first-order valence-corrected chi connectivity index (χ1v) is 7.54. The normalized spacial score (nSPS) is 20.1. The molecule has 108 valence electrons. The number of unbranched alkanes of at least 4 members (excludes halogenated alkanes) is 3. The molecule has 0 saturated heterocycles. The van der Waals surface area contributed by atoms with Crippen LogP contribution < -0.4 is 0 Å². The van der Waals surface area contributed by atoms with E-state index in [1.54, 1.807) is 6.08 Å². The summed E-state index contributed by atoms with van der Waals surface area (Å²) in [5, 5.41) is 0. The van der Waals surface area contributed by atoms with E-state index in [4.69, 9.17) is 0 Å². The van der Waals surface area contributed by atoms with E-state index in [2.05, 4.69) is 18.0 Å². The van der Waals surface area contributed by atoms with Gasteiger partial charge in [0, 0.05) is 0 Å².